The molecule has 11 aromatic rings. The van der Waals surface area contributed by atoms with E-state index in [1.165, 1.54) is 54.9 Å². The van der Waals surface area contributed by atoms with Crippen molar-refractivity contribution in [3.63, 3.8) is 0 Å². The Hall–Kier alpha value is -8.14. The van der Waals surface area contributed by atoms with Gasteiger partial charge in [0.2, 0.25) is 0 Å². The van der Waals surface area contributed by atoms with Crippen LogP contribution in [0.2, 0.25) is 0 Å². The molecule has 304 valence electrons. The quantitative estimate of drug-likeness (QED) is 0.151. The summed E-state index contributed by atoms with van der Waals surface area (Å²) in [5.41, 5.74) is 17.4. The van der Waals surface area contributed by atoms with Crippen molar-refractivity contribution in [1.82, 2.24) is 4.57 Å². The van der Waals surface area contributed by atoms with E-state index in [9.17, 15) is 0 Å². The van der Waals surface area contributed by atoms with E-state index < -0.39 is 0 Å². The summed E-state index contributed by atoms with van der Waals surface area (Å²) < 4.78 is 2.46. The molecule has 12 rings (SSSR count). The second-order valence-electron chi connectivity index (χ2n) is 17.4. The number of nitrogens with zero attached hydrogens (tertiary/aromatic N) is 3. The highest BCUT2D eigenvalue weighted by atomic mass is 15.2. The Morgan fingerprint density at radius 1 is 0.359 bits per heavy atom. The van der Waals surface area contributed by atoms with Crippen LogP contribution in [0.15, 0.2) is 237 Å². The van der Waals surface area contributed by atoms with Crippen LogP contribution >= 0.6 is 0 Å². The van der Waals surface area contributed by atoms with E-state index in [-0.39, 0.29) is 5.41 Å². The molecule has 0 N–H and O–H groups in total. The van der Waals surface area contributed by atoms with Crippen LogP contribution in [0.5, 0.6) is 0 Å². The van der Waals surface area contributed by atoms with Gasteiger partial charge in [-0.15, -0.1) is 0 Å². The van der Waals surface area contributed by atoms with E-state index in [1.54, 1.807) is 0 Å². The second-order valence-corrected chi connectivity index (χ2v) is 17.4. The third-order valence-corrected chi connectivity index (χ3v) is 13.3. The van der Waals surface area contributed by atoms with Crippen LogP contribution in [0.3, 0.4) is 0 Å². The Balaban J connectivity index is 1.15. The van der Waals surface area contributed by atoms with E-state index in [0.29, 0.717) is 0 Å². The molecular weight excluding hydrogens is 775 g/mol. The first-order valence-corrected chi connectivity index (χ1v) is 22.2. The number of para-hydroxylation sites is 4. The van der Waals surface area contributed by atoms with Crippen molar-refractivity contribution >= 4 is 66.7 Å². The first-order chi connectivity index (χ1) is 31.5. The van der Waals surface area contributed by atoms with E-state index >= 15 is 0 Å². The number of fused-ring (bicyclic) bond motifs is 7. The third kappa shape index (κ3) is 6.12. The number of hydrogen-bond acceptors (Lipinski definition) is 2. The highest BCUT2D eigenvalue weighted by Gasteiger charge is 2.37. The normalized spacial score (nSPS) is 12.7. The van der Waals surface area contributed by atoms with E-state index in [0.717, 1.165) is 50.8 Å². The van der Waals surface area contributed by atoms with Crippen molar-refractivity contribution in [1.29, 1.82) is 0 Å². The van der Waals surface area contributed by atoms with Crippen LogP contribution in [-0.2, 0) is 5.41 Å². The molecule has 0 saturated carbocycles. The van der Waals surface area contributed by atoms with Gasteiger partial charge in [0, 0.05) is 44.6 Å². The van der Waals surface area contributed by atoms with Gasteiger partial charge in [0.25, 0.3) is 0 Å². The summed E-state index contributed by atoms with van der Waals surface area (Å²) in [6, 6.07) is 86.4. The van der Waals surface area contributed by atoms with Crippen molar-refractivity contribution < 1.29 is 0 Å². The standard InChI is InChI=1S/C61H45N3/c1-61(2)55-38-45-22-16-15-21-44(45)37-54(55)52-36-35-50(39-56(52)61)63(48-27-13-6-14-28-48)58-40-51(62(46-23-9-4-10-24-46)47-25-11-5-12-26-47)41-59-60(58)53-29-17-18-30-57(53)64(59)49-33-31-43(32-34-49)42-19-7-3-8-20-42/h3-41H,1-2H3. The van der Waals surface area contributed by atoms with E-state index in [1.807, 2.05) is 0 Å². The Morgan fingerprint density at radius 2 is 0.891 bits per heavy atom. The topological polar surface area (TPSA) is 11.4 Å². The molecule has 0 spiro atoms. The summed E-state index contributed by atoms with van der Waals surface area (Å²) >= 11 is 0. The van der Waals surface area contributed by atoms with Gasteiger partial charge in [-0.1, -0.05) is 159 Å². The lowest BCUT2D eigenvalue weighted by Gasteiger charge is -2.31. The molecule has 0 atom stereocenters. The average molecular weight is 820 g/mol. The van der Waals surface area contributed by atoms with Crippen LogP contribution in [0.1, 0.15) is 25.0 Å². The van der Waals surface area contributed by atoms with Crippen LogP contribution in [0.25, 0.3) is 60.5 Å². The van der Waals surface area contributed by atoms with Crippen molar-refractivity contribution in [2.75, 3.05) is 9.80 Å². The maximum absolute atomic E-state index is 2.49. The first-order valence-electron chi connectivity index (χ1n) is 22.2. The van der Waals surface area contributed by atoms with Gasteiger partial charge in [-0.2, -0.15) is 0 Å². The molecule has 10 aromatic carbocycles. The van der Waals surface area contributed by atoms with E-state index in [2.05, 4.69) is 265 Å². The molecule has 3 nitrogen and oxygen atoms in total. The number of hydrogen-bond donors (Lipinski definition) is 0. The zero-order chi connectivity index (χ0) is 42.8. The molecule has 0 aliphatic heterocycles. The maximum Gasteiger partial charge on any atom is 0.0583 e. The molecule has 0 saturated heterocycles. The Kier molecular flexibility index (Phi) is 8.84. The van der Waals surface area contributed by atoms with Crippen LogP contribution < -0.4 is 9.80 Å². The Labute approximate surface area is 374 Å². The molecule has 0 unspecified atom stereocenters. The number of aromatic nitrogens is 1. The highest BCUT2D eigenvalue weighted by molar-refractivity contribution is 6.18. The van der Waals surface area contributed by atoms with Crippen molar-refractivity contribution in [2.24, 2.45) is 0 Å². The summed E-state index contributed by atoms with van der Waals surface area (Å²) in [7, 11) is 0. The predicted octanol–water partition coefficient (Wildman–Crippen LogP) is 16.8. The molecular formula is C61H45N3. The molecule has 0 bridgehead atoms. The molecule has 0 amide bonds. The van der Waals surface area contributed by atoms with E-state index in [4.69, 9.17) is 0 Å². The molecule has 1 aromatic heterocycles. The van der Waals surface area contributed by atoms with Gasteiger partial charge >= 0.3 is 0 Å². The fraction of sp³-hybridized carbons (Fsp3) is 0.0492. The molecule has 3 heteroatoms. The fourth-order valence-electron chi connectivity index (χ4n) is 10.2. The summed E-state index contributed by atoms with van der Waals surface area (Å²) in [5.74, 6) is 0. The summed E-state index contributed by atoms with van der Waals surface area (Å²) in [6.07, 6.45) is 0. The van der Waals surface area contributed by atoms with Gasteiger partial charge in [0.1, 0.15) is 0 Å². The predicted molar refractivity (Wildman–Crippen MR) is 271 cm³/mol. The molecule has 1 aliphatic carbocycles. The number of benzene rings is 10. The first kappa shape index (κ1) is 37.6. The monoisotopic (exact) mass is 819 g/mol. The zero-order valence-electron chi connectivity index (χ0n) is 35.9. The lowest BCUT2D eigenvalue weighted by atomic mass is 9.81. The lowest BCUT2D eigenvalue weighted by Crippen LogP contribution is -2.17. The number of anilines is 6. The molecule has 1 aliphatic rings. The maximum atomic E-state index is 2.49. The van der Waals surface area contributed by atoms with Gasteiger partial charge in [-0.05, 0) is 135 Å². The minimum Gasteiger partial charge on any atom is -0.310 e. The second kappa shape index (κ2) is 15.0. The molecule has 0 fully saturated rings. The molecule has 0 radical (unpaired) electrons. The van der Waals surface area contributed by atoms with Crippen molar-refractivity contribution in [3.05, 3.63) is 248 Å². The van der Waals surface area contributed by atoms with Gasteiger partial charge in [-0.25, -0.2) is 0 Å². The molecule has 64 heavy (non-hydrogen) atoms. The smallest absolute Gasteiger partial charge is 0.0583 e. The Morgan fingerprint density at radius 3 is 1.55 bits per heavy atom. The lowest BCUT2D eigenvalue weighted by molar-refractivity contribution is 0.661. The third-order valence-electron chi connectivity index (χ3n) is 13.3. The van der Waals surface area contributed by atoms with Crippen LogP contribution in [0, 0.1) is 0 Å². The molecule has 1 heterocycles. The highest BCUT2D eigenvalue weighted by Crippen LogP contribution is 2.53. The fourth-order valence-corrected chi connectivity index (χ4v) is 10.2. The van der Waals surface area contributed by atoms with Crippen molar-refractivity contribution in [2.45, 2.75) is 19.3 Å². The van der Waals surface area contributed by atoms with Gasteiger partial charge in [-0.3, -0.25) is 0 Å². The van der Waals surface area contributed by atoms with Crippen molar-refractivity contribution in [3.8, 4) is 27.9 Å². The zero-order valence-corrected chi connectivity index (χ0v) is 35.9. The van der Waals surface area contributed by atoms with Crippen LogP contribution in [-0.4, -0.2) is 4.57 Å². The average Bonchev–Trinajstić information content (AvgIpc) is 3.80. The SMILES string of the molecule is CC1(C)c2cc(N(c3ccccc3)c3cc(N(c4ccccc4)c4ccccc4)cc4c3c3ccccc3n4-c3ccc(-c4ccccc4)cc3)ccc2-c2cc3ccccc3cc21. The minimum absolute atomic E-state index is 0.205. The minimum atomic E-state index is -0.205. The van der Waals surface area contributed by atoms with Gasteiger partial charge in [0.15, 0.2) is 0 Å². The largest absolute Gasteiger partial charge is 0.310 e. The summed E-state index contributed by atoms with van der Waals surface area (Å²) in [5, 5.41) is 4.93. The summed E-state index contributed by atoms with van der Waals surface area (Å²) in [6.45, 7) is 4.77. The Bertz CT molecular complexity index is 3460. The van der Waals surface area contributed by atoms with Gasteiger partial charge in [0.05, 0.1) is 22.4 Å². The summed E-state index contributed by atoms with van der Waals surface area (Å²) in [4.78, 5) is 4.88. The van der Waals surface area contributed by atoms with Crippen LogP contribution in [0.4, 0.5) is 34.1 Å². The van der Waals surface area contributed by atoms with Gasteiger partial charge < -0.3 is 14.4 Å². The number of rotatable bonds is 8.